The predicted molar refractivity (Wildman–Crippen MR) is 141 cm³/mol. The zero-order valence-electron chi connectivity index (χ0n) is 20.9. The second-order valence-corrected chi connectivity index (χ2v) is 16.2. The lowest BCUT2D eigenvalue weighted by atomic mass is 9.68. The van der Waals surface area contributed by atoms with Crippen LogP contribution < -0.4 is 5.32 Å². The number of aliphatic hydroxyl groups is 4. The summed E-state index contributed by atoms with van der Waals surface area (Å²) < 4.78 is 6.03. The monoisotopic (exact) mass is 591 g/mol. The molecule has 206 valence electrons. The minimum atomic E-state index is -2.47. The van der Waals surface area contributed by atoms with Gasteiger partial charge in [-0.15, -0.1) is 0 Å². The van der Waals surface area contributed by atoms with Gasteiger partial charge in [-0.3, -0.25) is 19.3 Å². The SMILES string of the molecule is C[C@@H]1OC2=C(C(=O)[C@]3(O)[C@H](C2)N2C(=O)[C@@]45SSS[C@@]2(C(=O)N4[C@H]2Nc4ccccc4[C@@]2(O)[C@H]5O)[C@@H]3O)C1(C)C. The van der Waals surface area contributed by atoms with Gasteiger partial charge in [-0.05, 0) is 44.4 Å². The number of carbonyl (C=O) groups excluding carboxylic acids is 3. The van der Waals surface area contributed by atoms with Crippen LogP contribution in [0.1, 0.15) is 32.8 Å². The molecule has 2 amide bonds. The van der Waals surface area contributed by atoms with Crippen molar-refractivity contribution >= 4 is 54.7 Å². The Morgan fingerprint density at radius 3 is 2.31 bits per heavy atom. The van der Waals surface area contributed by atoms with E-state index in [1.807, 2.05) is 20.8 Å². The van der Waals surface area contributed by atoms with Crippen LogP contribution in [0.4, 0.5) is 5.69 Å². The van der Waals surface area contributed by atoms with E-state index in [0.717, 1.165) is 41.2 Å². The molecule has 0 aromatic heterocycles. The first-order valence-corrected chi connectivity index (χ1v) is 16.1. The average Bonchev–Trinajstić information content (AvgIpc) is 3.37. The maximum atomic E-state index is 14.7. The van der Waals surface area contributed by atoms with Crippen molar-refractivity contribution < 1.29 is 39.5 Å². The number of benzene rings is 1. The number of aliphatic hydroxyl groups excluding tert-OH is 2. The Kier molecular flexibility index (Phi) is 4.40. The molecule has 2 spiro atoms. The van der Waals surface area contributed by atoms with E-state index in [0.29, 0.717) is 17.0 Å². The topological polar surface area (TPSA) is 160 Å². The molecule has 0 saturated carbocycles. The van der Waals surface area contributed by atoms with Gasteiger partial charge in [-0.2, -0.15) is 0 Å². The third kappa shape index (κ3) is 2.23. The Balaban J connectivity index is 1.33. The number of carbonyl (C=O) groups is 3. The van der Waals surface area contributed by atoms with Gasteiger partial charge in [-0.25, -0.2) is 0 Å². The van der Waals surface area contributed by atoms with Crippen molar-refractivity contribution in [3.05, 3.63) is 41.2 Å². The fourth-order valence-electron chi connectivity index (χ4n) is 7.74. The minimum Gasteiger partial charge on any atom is -0.494 e. The summed E-state index contributed by atoms with van der Waals surface area (Å²) in [6, 6.07) is 5.44. The molecule has 8 aliphatic rings. The summed E-state index contributed by atoms with van der Waals surface area (Å²) in [5.41, 5.74) is -4.16. The number of nitrogens with one attached hydrogen (secondary N) is 1. The van der Waals surface area contributed by atoms with Gasteiger partial charge in [0.05, 0.1) is 6.04 Å². The Morgan fingerprint density at radius 1 is 0.974 bits per heavy atom. The van der Waals surface area contributed by atoms with Crippen LogP contribution in [0.2, 0.25) is 0 Å². The highest BCUT2D eigenvalue weighted by Gasteiger charge is 2.87. The van der Waals surface area contributed by atoms with Crippen molar-refractivity contribution in [1.29, 1.82) is 0 Å². The lowest BCUT2D eigenvalue weighted by Crippen LogP contribution is -2.76. The molecule has 39 heavy (non-hydrogen) atoms. The molecule has 1 aromatic carbocycles. The Morgan fingerprint density at radius 2 is 1.59 bits per heavy atom. The van der Waals surface area contributed by atoms with E-state index in [1.54, 1.807) is 24.3 Å². The summed E-state index contributed by atoms with van der Waals surface area (Å²) in [5, 5.41) is 50.9. The van der Waals surface area contributed by atoms with Crippen LogP contribution in [0, 0.1) is 5.41 Å². The lowest BCUT2D eigenvalue weighted by molar-refractivity contribution is -0.171. The number of para-hydroxylation sites is 1. The first-order chi connectivity index (χ1) is 18.3. The molecule has 5 fully saturated rings. The Bertz CT molecular complexity index is 1470. The number of hydrogen-bond acceptors (Lipinski definition) is 12. The molecule has 7 heterocycles. The third-order valence-electron chi connectivity index (χ3n) is 10.0. The van der Waals surface area contributed by atoms with Gasteiger partial charge in [0, 0.05) is 28.7 Å². The number of hydrogen-bond donors (Lipinski definition) is 5. The van der Waals surface area contributed by atoms with Crippen LogP contribution >= 0.6 is 31.4 Å². The van der Waals surface area contributed by atoms with Gasteiger partial charge in [0.2, 0.25) is 9.74 Å². The second-order valence-electron chi connectivity index (χ2n) is 11.9. The molecule has 0 radical (unpaired) electrons. The fraction of sp³-hybridized carbons (Fsp3) is 0.560. The number of ketones is 1. The highest BCUT2D eigenvalue weighted by molar-refractivity contribution is 9.10. The van der Waals surface area contributed by atoms with E-state index in [1.165, 1.54) is 0 Å². The number of piperazine rings is 1. The van der Waals surface area contributed by atoms with Crippen LogP contribution in [-0.2, 0) is 24.7 Å². The summed E-state index contributed by atoms with van der Waals surface area (Å²) >= 11 is 0. The molecule has 5 saturated heterocycles. The maximum Gasteiger partial charge on any atom is 0.266 e. The molecule has 1 aliphatic carbocycles. The van der Waals surface area contributed by atoms with Gasteiger partial charge in [-0.1, -0.05) is 32.0 Å². The van der Waals surface area contributed by atoms with Gasteiger partial charge in [0.1, 0.15) is 30.2 Å². The molecule has 5 N–H and O–H groups in total. The number of fused-ring (bicyclic) bond motifs is 6. The first-order valence-electron chi connectivity index (χ1n) is 12.6. The lowest BCUT2D eigenvalue weighted by Gasteiger charge is -2.51. The Hall–Kier alpha value is -1.94. The number of Topliss-reactive ketones (excluding diaryl/α,β-unsaturated/α-hetero) is 1. The van der Waals surface area contributed by atoms with Gasteiger partial charge < -0.3 is 35.4 Å². The summed E-state index contributed by atoms with van der Waals surface area (Å²) in [6.45, 7) is 5.45. The fourth-order valence-corrected chi connectivity index (χ4v) is 13.8. The number of ether oxygens (including phenoxy) is 1. The van der Waals surface area contributed by atoms with Crippen molar-refractivity contribution in [2.24, 2.45) is 5.41 Å². The predicted octanol–water partition coefficient (Wildman–Crippen LogP) is 0.253. The summed E-state index contributed by atoms with van der Waals surface area (Å²) in [7, 11) is 2.82. The molecule has 2 bridgehead atoms. The normalized spacial score (nSPS) is 48.2. The van der Waals surface area contributed by atoms with Crippen LogP contribution in [0.15, 0.2) is 35.6 Å². The average molecular weight is 592 g/mol. The third-order valence-corrected chi connectivity index (χ3v) is 15.0. The van der Waals surface area contributed by atoms with Crippen LogP contribution in [-0.4, -0.2) is 93.7 Å². The van der Waals surface area contributed by atoms with E-state index in [4.69, 9.17) is 4.74 Å². The van der Waals surface area contributed by atoms with E-state index in [2.05, 4.69) is 5.32 Å². The molecular weight excluding hydrogens is 566 g/mol. The number of rotatable bonds is 0. The molecule has 7 aliphatic heterocycles. The van der Waals surface area contributed by atoms with Crippen LogP contribution in [0.5, 0.6) is 0 Å². The van der Waals surface area contributed by atoms with Crippen LogP contribution in [0.25, 0.3) is 0 Å². The smallest absolute Gasteiger partial charge is 0.266 e. The van der Waals surface area contributed by atoms with Crippen molar-refractivity contribution in [2.45, 2.75) is 78.7 Å². The first kappa shape index (κ1) is 24.8. The van der Waals surface area contributed by atoms with E-state index < -0.39 is 68.4 Å². The number of amides is 2. The number of nitrogens with zero attached hydrogens (tertiary/aromatic N) is 2. The van der Waals surface area contributed by atoms with Crippen LogP contribution in [0.3, 0.4) is 0 Å². The highest BCUT2D eigenvalue weighted by atomic mass is 33.5. The molecule has 11 nitrogen and oxygen atoms in total. The molecule has 1 aromatic rings. The summed E-state index contributed by atoms with van der Waals surface area (Å²) in [4.78, 5) is 41.5. The molecular formula is C25H25N3O8S3. The Labute approximate surface area is 234 Å². The summed E-state index contributed by atoms with van der Waals surface area (Å²) in [6.07, 6.45) is -5.44. The zero-order chi connectivity index (χ0) is 27.7. The molecule has 14 heteroatoms. The molecule has 0 unspecified atom stereocenters. The maximum absolute atomic E-state index is 14.7. The second kappa shape index (κ2) is 6.92. The van der Waals surface area contributed by atoms with Crippen molar-refractivity contribution in [1.82, 2.24) is 9.80 Å². The quantitative estimate of drug-likeness (QED) is 0.262. The van der Waals surface area contributed by atoms with Gasteiger partial charge >= 0.3 is 0 Å². The largest absolute Gasteiger partial charge is 0.494 e. The van der Waals surface area contributed by atoms with Crippen molar-refractivity contribution in [2.75, 3.05) is 5.32 Å². The van der Waals surface area contributed by atoms with E-state index in [-0.39, 0.29) is 18.1 Å². The van der Waals surface area contributed by atoms with Gasteiger partial charge in [0.15, 0.2) is 17.0 Å². The number of anilines is 1. The molecule has 9 atom stereocenters. The standard InChI is InChI=1S/C25H25N3O8S3/c1-9-21(2,3)14-12(36-9)8-13-23(35,15(14)29)17(31)24-20(33)28-18-22(34,10-6-4-5-7-11(10)26-18)16(30)25(28,38-39-37-24)19(32)27(13)24/h4-7,9,13,16-18,26,30-31,34-35H,8H2,1-3H3/t9-,13-,16+,17+,18+,22+,23+,24+,25+/m0/s1. The van der Waals surface area contributed by atoms with Crippen molar-refractivity contribution in [3.8, 4) is 0 Å². The highest BCUT2D eigenvalue weighted by Crippen LogP contribution is 2.72. The van der Waals surface area contributed by atoms with Gasteiger partial charge in [0.25, 0.3) is 11.8 Å². The van der Waals surface area contributed by atoms with E-state index >= 15 is 0 Å². The van der Waals surface area contributed by atoms with E-state index in [9.17, 15) is 34.8 Å². The molecule has 9 rings (SSSR count). The minimum absolute atomic E-state index is 0.0833. The van der Waals surface area contributed by atoms with Crippen molar-refractivity contribution in [3.63, 3.8) is 0 Å². The summed E-state index contributed by atoms with van der Waals surface area (Å²) in [5.74, 6) is -1.97. The zero-order valence-corrected chi connectivity index (χ0v) is 23.4.